The molecule has 0 atom stereocenters. The van der Waals surface area contributed by atoms with Crippen LogP contribution in [-0.4, -0.2) is 25.5 Å². The minimum absolute atomic E-state index is 0.110. The summed E-state index contributed by atoms with van der Waals surface area (Å²) in [6, 6.07) is 1.97. The van der Waals surface area contributed by atoms with E-state index in [1.807, 2.05) is 26.8 Å². The van der Waals surface area contributed by atoms with Crippen molar-refractivity contribution in [1.29, 1.82) is 0 Å². The van der Waals surface area contributed by atoms with E-state index in [0.717, 1.165) is 27.5 Å². The molecule has 2 aromatic heterocycles. The number of aryl methyl sites for hydroxylation is 3. The average molecular weight is 385 g/mol. The molecule has 0 radical (unpaired) electrons. The fraction of sp³-hybridized carbons (Fsp3) is 0.381. The fourth-order valence-electron chi connectivity index (χ4n) is 3.34. The summed E-state index contributed by atoms with van der Waals surface area (Å²) in [5.74, 6) is -0.623. The van der Waals surface area contributed by atoms with Crippen LogP contribution in [0.15, 0.2) is 26.0 Å². The van der Waals surface area contributed by atoms with Crippen LogP contribution in [0, 0.1) is 20.8 Å². The number of esters is 1. The number of amides is 1. The number of ether oxygens (including phenoxy) is 1. The van der Waals surface area contributed by atoms with Crippen molar-refractivity contribution in [3.63, 3.8) is 0 Å². The summed E-state index contributed by atoms with van der Waals surface area (Å²) < 4.78 is 15.7. The molecule has 1 N–H and O–H groups in total. The van der Waals surface area contributed by atoms with Crippen molar-refractivity contribution >= 4 is 33.8 Å². The highest BCUT2D eigenvalue weighted by Gasteiger charge is 2.18. The molecule has 7 heteroatoms. The summed E-state index contributed by atoms with van der Waals surface area (Å²) in [7, 11) is 1.30. The quantitative estimate of drug-likeness (QED) is 0.517. The molecule has 7 nitrogen and oxygen atoms in total. The maximum Gasteiger partial charge on any atom is 0.339 e. The molecule has 0 aliphatic heterocycles. The molecule has 3 aromatic rings. The first-order valence-electron chi connectivity index (χ1n) is 9.10. The number of hydrogen-bond acceptors (Lipinski definition) is 6. The minimum atomic E-state index is -0.446. The molecule has 148 valence electrons. The largest absolute Gasteiger partial charge is 0.469 e. The van der Waals surface area contributed by atoms with Crippen LogP contribution in [0.3, 0.4) is 0 Å². The van der Waals surface area contributed by atoms with Crippen molar-refractivity contribution in [2.75, 3.05) is 13.7 Å². The zero-order valence-electron chi connectivity index (χ0n) is 16.4. The van der Waals surface area contributed by atoms with E-state index in [1.54, 1.807) is 6.26 Å². The molecule has 0 aliphatic rings. The Kier molecular flexibility index (Phi) is 5.53. The summed E-state index contributed by atoms with van der Waals surface area (Å²) in [4.78, 5) is 35.6. The second kappa shape index (κ2) is 7.88. The number of methoxy groups -OCH3 is 1. The molecular formula is C21H23NO6. The highest BCUT2D eigenvalue weighted by Crippen LogP contribution is 2.32. The monoisotopic (exact) mass is 385 g/mol. The third kappa shape index (κ3) is 3.65. The number of nitrogens with one attached hydrogen (secondary N) is 1. The molecule has 0 spiro atoms. The number of benzene rings is 1. The van der Waals surface area contributed by atoms with Crippen LogP contribution >= 0.6 is 0 Å². The first kappa shape index (κ1) is 19.7. The van der Waals surface area contributed by atoms with Crippen LogP contribution in [0.4, 0.5) is 0 Å². The molecule has 28 heavy (non-hydrogen) atoms. The van der Waals surface area contributed by atoms with Crippen LogP contribution in [0.1, 0.15) is 35.1 Å². The molecule has 3 rings (SSSR count). The summed E-state index contributed by atoms with van der Waals surface area (Å²) >= 11 is 0. The molecule has 0 saturated heterocycles. The lowest BCUT2D eigenvalue weighted by Crippen LogP contribution is -2.27. The Balaban J connectivity index is 1.85. The molecule has 0 aliphatic carbocycles. The van der Waals surface area contributed by atoms with Crippen LogP contribution < -0.4 is 10.9 Å². The summed E-state index contributed by atoms with van der Waals surface area (Å²) in [5.41, 5.74) is 3.86. The number of hydrogen-bond donors (Lipinski definition) is 1. The minimum Gasteiger partial charge on any atom is -0.469 e. The van der Waals surface area contributed by atoms with E-state index in [-0.39, 0.29) is 37.7 Å². The lowest BCUT2D eigenvalue weighted by Gasteiger charge is -2.10. The topological polar surface area (TPSA) is 98.8 Å². The van der Waals surface area contributed by atoms with Crippen LogP contribution in [0.5, 0.6) is 0 Å². The van der Waals surface area contributed by atoms with Crippen molar-refractivity contribution in [2.24, 2.45) is 0 Å². The van der Waals surface area contributed by atoms with E-state index >= 15 is 0 Å². The van der Waals surface area contributed by atoms with E-state index in [1.165, 1.54) is 7.11 Å². The van der Waals surface area contributed by atoms with Crippen molar-refractivity contribution < 1.29 is 23.2 Å². The molecule has 0 saturated carbocycles. The smallest absolute Gasteiger partial charge is 0.339 e. The van der Waals surface area contributed by atoms with E-state index < -0.39 is 5.63 Å². The highest BCUT2D eigenvalue weighted by atomic mass is 16.5. The van der Waals surface area contributed by atoms with Gasteiger partial charge in [-0.05, 0) is 44.4 Å². The Morgan fingerprint density at radius 2 is 1.82 bits per heavy atom. The maximum absolute atomic E-state index is 12.5. The van der Waals surface area contributed by atoms with Crippen molar-refractivity contribution in [3.05, 3.63) is 45.0 Å². The molecule has 1 aromatic carbocycles. The summed E-state index contributed by atoms with van der Waals surface area (Å²) in [6.07, 6.45) is 2.18. The molecule has 2 heterocycles. The maximum atomic E-state index is 12.5. The third-order valence-electron chi connectivity index (χ3n) is 5.02. The fourth-order valence-corrected chi connectivity index (χ4v) is 3.34. The molecule has 0 fully saturated rings. The van der Waals surface area contributed by atoms with Crippen molar-refractivity contribution in [2.45, 2.75) is 40.0 Å². The van der Waals surface area contributed by atoms with Gasteiger partial charge in [-0.3, -0.25) is 9.59 Å². The van der Waals surface area contributed by atoms with Crippen LogP contribution in [0.25, 0.3) is 21.9 Å². The number of carbonyl (C=O) groups is 2. The van der Waals surface area contributed by atoms with Crippen LogP contribution in [-0.2, 0) is 20.7 Å². The summed E-state index contributed by atoms with van der Waals surface area (Å²) in [6.45, 7) is 5.90. The van der Waals surface area contributed by atoms with Gasteiger partial charge in [0.25, 0.3) is 0 Å². The van der Waals surface area contributed by atoms with Crippen molar-refractivity contribution in [1.82, 2.24) is 5.32 Å². The van der Waals surface area contributed by atoms with Gasteiger partial charge in [0.1, 0.15) is 11.2 Å². The van der Waals surface area contributed by atoms with Gasteiger partial charge in [0.15, 0.2) is 0 Å². The Labute approximate surface area is 161 Å². The van der Waals surface area contributed by atoms with E-state index in [0.29, 0.717) is 16.7 Å². The zero-order chi connectivity index (χ0) is 20.4. The Hall–Kier alpha value is -3.09. The van der Waals surface area contributed by atoms with Gasteiger partial charge >= 0.3 is 11.6 Å². The van der Waals surface area contributed by atoms with Gasteiger partial charge in [-0.2, -0.15) is 0 Å². The number of carbonyl (C=O) groups excluding carboxylic acids is 2. The number of furan rings is 1. The predicted molar refractivity (Wildman–Crippen MR) is 104 cm³/mol. The first-order valence-corrected chi connectivity index (χ1v) is 9.10. The van der Waals surface area contributed by atoms with Gasteiger partial charge in [-0.15, -0.1) is 0 Å². The number of fused-ring (bicyclic) bond motifs is 2. The standard InChI is InChI=1S/C21H23NO6/c1-11-10-27-19-13(3)20-16(9-15(11)19)12(2)14(21(25)28-20)5-6-17(23)22-8-7-18(24)26-4/h9-10H,5-8H2,1-4H3,(H,22,23). The van der Waals surface area contributed by atoms with Gasteiger partial charge in [-0.1, -0.05) is 0 Å². The highest BCUT2D eigenvalue weighted by molar-refractivity contribution is 5.99. The van der Waals surface area contributed by atoms with E-state index in [4.69, 9.17) is 8.83 Å². The second-order valence-corrected chi connectivity index (χ2v) is 6.84. The van der Waals surface area contributed by atoms with E-state index in [9.17, 15) is 14.4 Å². The van der Waals surface area contributed by atoms with Gasteiger partial charge < -0.3 is 18.9 Å². The predicted octanol–water partition coefficient (Wildman–Crippen LogP) is 3.08. The SMILES string of the molecule is COC(=O)CCNC(=O)CCc1c(C)c2cc3c(C)coc3c(C)c2oc1=O. The average Bonchev–Trinajstić information content (AvgIpc) is 3.03. The van der Waals surface area contributed by atoms with E-state index in [2.05, 4.69) is 10.1 Å². The van der Waals surface area contributed by atoms with Crippen molar-refractivity contribution in [3.8, 4) is 0 Å². The second-order valence-electron chi connectivity index (χ2n) is 6.84. The Morgan fingerprint density at radius 1 is 1.07 bits per heavy atom. The first-order chi connectivity index (χ1) is 13.3. The normalized spacial score (nSPS) is 11.1. The van der Waals surface area contributed by atoms with Gasteiger partial charge in [0.2, 0.25) is 5.91 Å². The molecule has 0 bridgehead atoms. The Bertz CT molecular complexity index is 1120. The Morgan fingerprint density at radius 3 is 2.54 bits per heavy atom. The van der Waals surface area contributed by atoms with Crippen LogP contribution in [0.2, 0.25) is 0 Å². The molecule has 0 unspecified atom stereocenters. The third-order valence-corrected chi connectivity index (χ3v) is 5.02. The van der Waals surface area contributed by atoms with Gasteiger partial charge in [-0.25, -0.2) is 4.79 Å². The zero-order valence-corrected chi connectivity index (χ0v) is 16.4. The molecular weight excluding hydrogens is 362 g/mol. The lowest BCUT2D eigenvalue weighted by molar-refractivity contribution is -0.140. The lowest BCUT2D eigenvalue weighted by atomic mass is 9.98. The summed E-state index contributed by atoms with van der Waals surface area (Å²) in [5, 5.41) is 4.47. The molecule has 1 amide bonds. The number of rotatable bonds is 6. The van der Waals surface area contributed by atoms with Gasteiger partial charge in [0, 0.05) is 34.9 Å². The van der Waals surface area contributed by atoms with Gasteiger partial charge in [0.05, 0.1) is 19.8 Å².